The lowest BCUT2D eigenvalue weighted by molar-refractivity contribution is -0.133. The van der Waals surface area contributed by atoms with Gasteiger partial charge in [0.1, 0.15) is 6.54 Å². The monoisotopic (exact) mass is 349 g/mol. The third-order valence-electron chi connectivity index (χ3n) is 5.35. The van der Waals surface area contributed by atoms with Crippen LogP contribution in [0.3, 0.4) is 0 Å². The van der Waals surface area contributed by atoms with Crippen molar-refractivity contribution in [1.82, 2.24) is 30.4 Å². The van der Waals surface area contributed by atoms with E-state index in [-0.39, 0.29) is 30.2 Å². The van der Waals surface area contributed by atoms with Crippen LogP contribution >= 0.6 is 0 Å². The fraction of sp³-hybridized carbons (Fsp3) is 0.812. The smallest absolute Gasteiger partial charge is 0.244 e. The van der Waals surface area contributed by atoms with Gasteiger partial charge in [-0.1, -0.05) is 24.4 Å². The zero-order valence-electron chi connectivity index (χ0n) is 14.6. The first-order valence-electron chi connectivity index (χ1n) is 9.20. The molecule has 2 amide bonds. The van der Waals surface area contributed by atoms with E-state index in [1.807, 2.05) is 4.90 Å². The predicted octanol–water partition coefficient (Wildman–Crippen LogP) is 0.190. The van der Waals surface area contributed by atoms with Gasteiger partial charge in [-0.05, 0) is 42.0 Å². The number of piperidine rings is 1. The molecule has 0 aromatic carbocycles. The second kappa shape index (κ2) is 8.26. The molecule has 1 aliphatic carbocycles. The number of carbonyl (C=O) groups excluding carboxylic acids is 2. The van der Waals surface area contributed by atoms with Crippen LogP contribution < -0.4 is 11.1 Å². The maximum atomic E-state index is 12.3. The first kappa shape index (κ1) is 17.6. The molecule has 2 heterocycles. The number of nitrogens with two attached hydrogens (primary N) is 1. The highest BCUT2D eigenvalue weighted by Gasteiger charge is 2.25. The topological polar surface area (TPSA) is 119 Å². The third-order valence-corrected chi connectivity index (χ3v) is 5.35. The molecule has 2 fully saturated rings. The van der Waals surface area contributed by atoms with Crippen molar-refractivity contribution in [3.05, 3.63) is 0 Å². The Hall–Kier alpha value is -2.19. The molecule has 3 N–H and O–H groups in total. The van der Waals surface area contributed by atoms with Crippen molar-refractivity contribution in [2.75, 3.05) is 25.4 Å². The van der Waals surface area contributed by atoms with Gasteiger partial charge in [-0.25, -0.2) is 4.68 Å². The first-order chi connectivity index (χ1) is 12.1. The van der Waals surface area contributed by atoms with Crippen LogP contribution in [0, 0.1) is 11.8 Å². The molecule has 1 aromatic heterocycles. The summed E-state index contributed by atoms with van der Waals surface area (Å²) in [6.45, 7) is 2.19. The molecule has 1 aromatic rings. The zero-order valence-corrected chi connectivity index (χ0v) is 14.6. The van der Waals surface area contributed by atoms with Crippen molar-refractivity contribution in [3.63, 3.8) is 0 Å². The van der Waals surface area contributed by atoms with E-state index in [2.05, 4.69) is 20.8 Å². The number of likely N-dealkylation sites (tertiary alicyclic amines) is 1. The number of nitrogens with one attached hydrogen (secondary N) is 1. The molecule has 0 spiro atoms. The van der Waals surface area contributed by atoms with Crippen LogP contribution in [0.1, 0.15) is 44.9 Å². The minimum absolute atomic E-state index is 0.0244. The van der Waals surface area contributed by atoms with Gasteiger partial charge >= 0.3 is 0 Å². The number of tetrazole rings is 1. The van der Waals surface area contributed by atoms with Crippen LogP contribution in [-0.2, 0) is 16.1 Å². The van der Waals surface area contributed by atoms with Crippen LogP contribution in [-0.4, -0.2) is 56.6 Å². The Morgan fingerprint density at radius 2 is 1.84 bits per heavy atom. The molecule has 9 heteroatoms. The van der Waals surface area contributed by atoms with Gasteiger partial charge in [0.25, 0.3) is 0 Å². The lowest BCUT2D eigenvalue weighted by Gasteiger charge is -2.32. The van der Waals surface area contributed by atoms with Crippen molar-refractivity contribution in [1.29, 1.82) is 0 Å². The van der Waals surface area contributed by atoms with Gasteiger partial charge in [-0.15, -0.1) is 0 Å². The van der Waals surface area contributed by atoms with Gasteiger partial charge in [-0.2, -0.15) is 0 Å². The average Bonchev–Trinajstić information content (AvgIpc) is 3.05. The molecule has 25 heavy (non-hydrogen) atoms. The second-order valence-electron chi connectivity index (χ2n) is 7.10. The van der Waals surface area contributed by atoms with Crippen molar-refractivity contribution in [2.24, 2.45) is 11.8 Å². The Labute approximate surface area is 147 Å². The lowest BCUT2D eigenvalue weighted by Crippen LogP contribution is -2.43. The lowest BCUT2D eigenvalue weighted by atomic mass is 9.88. The molecule has 3 rings (SSSR count). The van der Waals surface area contributed by atoms with Gasteiger partial charge in [0.15, 0.2) is 0 Å². The van der Waals surface area contributed by atoms with E-state index in [1.165, 1.54) is 23.9 Å². The summed E-state index contributed by atoms with van der Waals surface area (Å²) in [6, 6.07) is 0. The van der Waals surface area contributed by atoms with Crippen LogP contribution in [0.4, 0.5) is 5.95 Å². The zero-order chi connectivity index (χ0) is 17.6. The highest BCUT2D eigenvalue weighted by Crippen LogP contribution is 2.24. The Kier molecular flexibility index (Phi) is 5.83. The summed E-state index contributed by atoms with van der Waals surface area (Å²) in [6.07, 6.45) is 7.46. The molecule has 0 atom stereocenters. The molecule has 1 saturated heterocycles. The minimum atomic E-state index is -0.0244. The number of nitrogen functional groups attached to an aromatic ring is 1. The van der Waals surface area contributed by atoms with Crippen LogP contribution in [0.25, 0.3) is 0 Å². The summed E-state index contributed by atoms with van der Waals surface area (Å²) in [4.78, 5) is 26.3. The average molecular weight is 349 g/mol. The van der Waals surface area contributed by atoms with Gasteiger partial charge in [0.2, 0.25) is 17.8 Å². The number of hydrogen-bond donors (Lipinski definition) is 2. The maximum absolute atomic E-state index is 12.3. The summed E-state index contributed by atoms with van der Waals surface area (Å²) in [5, 5.41) is 13.8. The molecular weight excluding hydrogens is 322 g/mol. The standard InChI is InChI=1S/C16H27N7O2/c17-16-19-20-21-23(16)11-14(24)22-8-6-12(7-9-22)10-18-15(25)13-4-2-1-3-5-13/h12-13H,1-11H2,(H,18,25)(H2,17,19,21). The summed E-state index contributed by atoms with van der Waals surface area (Å²) in [7, 11) is 0. The molecule has 2 aliphatic rings. The molecule has 1 saturated carbocycles. The molecule has 9 nitrogen and oxygen atoms in total. The van der Waals surface area contributed by atoms with Gasteiger partial charge in [-0.3, -0.25) is 9.59 Å². The normalized spacial score (nSPS) is 19.8. The largest absolute Gasteiger partial charge is 0.367 e. The first-order valence-corrected chi connectivity index (χ1v) is 9.20. The predicted molar refractivity (Wildman–Crippen MR) is 91.1 cm³/mol. The van der Waals surface area contributed by atoms with E-state index >= 15 is 0 Å². The molecule has 0 radical (unpaired) electrons. The SMILES string of the molecule is Nc1nnnn1CC(=O)N1CCC(CNC(=O)C2CCCCC2)CC1. The van der Waals surface area contributed by atoms with Crippen LogP contribution in [0.15, 0.2) is 0 Å². The van der Waals surface area contributed by atoms with Crippen molar-refractivity contribution >= 4 is 17.8 Å². The Bertz CT molecular complexity index is 589. The van der Waals surface area contributed by atoms with Crippen LogP contribution in [0.5, 0.6) is 0 Å². The second-order valence-corrected chi connectivity index (χ2v) is 7.10. The Balaban J connectivity index is 1.37. The van der Waals surface area contributed by atoms with Gasteiger partial charge in [0.05, 0.1) is 0 Å². The molecule has 1 aliphatic heterocycles. The maximum Gasteiger partial charge on any atom is 0.244 e. The van der Waals surface area contributed by atoms with E-state index in [0.29, 0.717) is 19.0 Å². The highest BCUT2D eigenvalue weighted by molar-refractivity contribution is 5.78. The summed E-state index contributed by atoms with van der Waals surface area (Å²) in [5.41, 5.74) is 5.59. The summed E-state index contributed by atoms with van der Waals surface area (Å²) in [5.74, 6) is 0.983. The number of amides is 2. The van der Waals surface area contributed by atoms with E-state index in [4.69, 9.17) is 5.73 Å². The number of aromatic nitrogens is 4. The van der Waals surface area contributed by atoms with Crippen molar-refractivity contribution in [3.8, 4) is 0 Å². The minimum Gasteiger partial charge on any atom is -0.367 e. The third kappa shape index (κ3) is 4.67. The summed E-state index contributed by atoms with van der Waals surface area (Å²) < 4.78 is 1.30. The van der Waals surface area contributed by atoms with Crippen molar-refractivity contribution < 1.29 is 9.59 Å². The fourth-order valence-electron chi connectivity index (χ4n) is 3.69. The molecule has 0 bridgehead atoms. The highest BCUT2D eigenvalue weighted by atomic mass is 16.2. The van der Waals surface area contributed by atoms with E-state index in [1.54, 1.807) is 0 Å². The van der Waals surface area contributed by atoms with Gasteiger partial charge in [0, 0.05) is 25.6 Å². The molecular formula is C16H27N7O2. The summed E-state index contributed by atoms with van der Waals surface area (Å²) >= 11 is 0. The number of hydrogen-bond acceptors (Lipinski definition) is 6. The van der Waals surface area contributed by atoms with Crippen LogP contribution in [0.2, 0.25) is 0 Å². The number of anilines is 1. The molecule has 0 unspecified atom stereocenters. The number of carbonyl (C=O) groups is 2. The van der Waals surface area contributed by atoms with E-state index < -0.39 is 0 Å². The van der Waals surface area contributed by atoms with E-state index in [9.17, 15) is 9.59 Å². The molecule has 138 valence electrons. The Morgan fingerprint density at radius 3 is 2.48 bits per heavy atom. The number of rotatable bonds is 5. The quantitative estimate of drug-likeness (QED) is 0.783. The van der Waals surface area contributed by atoms with Crippen molar-refractivity contribution in [2.45, 2.75) is 51.5 Å². The number of nitrogens with zero attached hydrogens (tertiary/aromatic N) is 5. The fourth-order valence-corrected chi connectivity index (χ4v) is 3.69. The Morgan fingerprint density at radius 1 is 1.12 bits per heavy atom. The van der Waals surface area contributed by atoms with E-state index in [0.717, 1.165) is 32.2 Å². The van der Waals surface area contributed by atoms with Gasteiger partial charge < -0.3 is 16.0 Å².